The Bertz CT molecular complexity index is 2860. The Morgan fingerprint density at radius 2 is 1.49 bits per heavy atom. The van der Waals surface area contributed by atoms with E-state index in [1.165, 1.54) is 12.3 Å². The smallest absolute Gasteiger partial charge is 0.293 e. The maximum Gasteiger partial charge on any atom is 0.293 e. The number of rotatable bonds is 23. The van der Waals surface area contributed by atoms with Gasteiger partial charge in [0.1, 0.15) is 25.2 Å². The van der Waals surface area contributed by atoms with Crippen molar-refractivity contribution < 1.29 is 42.6 Å². The Hall–Kier alpha value is -7.29. The average molecular weight is 1290 g/mol. The van der Waals surface area contributed by atoms with Gasteiger partial charge in [-0.15, -0.1) is 6.58 Å². The number of likely N-dealkylation sites (tertiary alicyclic amines) is 1. The summed E-state index contributed by atoms with van der Waals surface area (Å²) in [5.74, 6) is -0.196. The maximum absolute atomic E-state index is 15.3. The number of benzene rings is 1. The number of nitrogens with one attached hydrogen (secondary N) is 5. The van der Waals surface area contributed by atoms with E-state index in [9.17, 15) is 28.8 Å². The number of primary amides is 1. The molecule has 3 unspecified atom stereocenters. The third-order valence-corrected chi connectivity index (χ3v) is 14.5. The minimum Gasteiger partial charge on any atom is -0.463 e. The molecule has 9 N–H and O–H groups in total. The van der Waals surface area contributed by atoms with Crippen LogP contribution in [0.1, 0.15) is 215 Å². The van der Waals surface area contributed by atoms with E-state index < -0.39 is 11.6 Å². The van der Waals surface area contributed by atoms with Crippen molar-refractivity contribution in [2.45, 2.75) is 232 Å². The second-order valence-electron chi connectivity index (χ2n) is 21.9. The van der Waals surface area contributed by atoms with E-state index in [1.54, 1.807) is 29.5 Å². The number of aryl methyl sites for hydroxylation is 1. The molecule has 1 aromatic carbocycles. The number of hydrogen-bond acceptors (Lipinski definition) is 13. The van der Waals surface area contributed by atoms with Crippen LogP contribution in [0.5, 0.6) is 0 Å². The van der Waals surface area contributed by atoms with Gasteiger partial charge in [0, 0.05) is 47.5 Å². The number of aromatic nitrogens is 2. The Kier molecular flexibility index (Phi) is 47.7. The van der Waals surface area contributed by atoms with E-state index in [2.05, 4.69) is 85.3 Å². The minimum atomic E-state index is -0.472. The lowest BCUT2D eigenvalue weighted by atomic mass is 9.75. The van der Waals surface area contributed by atoms with Gasteiger partial charge in [0.25, 0.3) is 12.0 Å². The van der Waals surface area contributed by atoms with E-state index in [4.69, 9.17) is 25.0 Å². The monoisotopic (exact) mass is 1290 g/mol. The van der Waals surface area contributed by atoms with Crippen LogP contribution in [0.15, 0.2) is 78.8 Å². The fourth-order valence-electron chi connectivity index (χ4n) is 10.7. The van der Waals surface area contributed by atoms with Crippen LogP contribution < -0.4 is 43.6 Å². The highest BCUT2D eigenvalue weighted by atomic mass is 19.1. The predicted octanol–water partition coefficient (Wildman–Crippen LogP) is 11.8. The number of pyridine rings is 2. The van der Waals surface area contributed by atoms with Crippen molar-refractivity contribution in [3.63, 3.8) is 0 Å². The second kappa shape index (κ2) is 49.4. The number of nitrogens with two attached hydrogens (primary N) is 2. The number of fused-ring (bicyclic) bond motifs is 4. The molecule has 1 saturated heterocycles. The fourth-order valence-corrected chi connectivity index (χ4v) is 10.7. The summed E-state index contributed by atoms with van der Waals surface area (Å²) in [5, 5.41) is 14.8. The van der Waals surface area contributed by atoms with Crippen LogP contribution in [0.2, 0.25) is 0 Å². The molecular weight excluding hydrogens is 1170 g/mol. The number of nitrogens with zero attached hydrogens (tertiary/aromatic N) is 3. The van der Waals surface area contributed by atoms with Crippen molar-refractivity contribution >= 4 is 47.4 Å². The number of allylic oxidation sites excluding steroid dienone is 6. The zero-order valence-corrected chi connectivity index (χ0v) is 60.2. The lowest BCUT2D eigenvalue weighted by Crippen LogP contribution is -2.66. The summed E-state index contributed by atoms with van der Waals surface area (Å²) in [5.41, 5.74) is 15.1. The molecule has 0 bridgehead atoms. The van der Waals surface area contributed by atoms with Crippen LogP contribution >= 0.6 is 0 Å². The molecule has 2 aromatic heterocycles. The molecule has 19 nitrogen and oxygen atoms in total. The molecular formula is C72H121FN10O9. The van der Waals surface area contributed by atoms with Crippen molar-refractivity contribution in [3.05, 3.63) is 124 Å². The van der Waals surface area contributed by atoms with Crippen LogP contribution in [0.4, 0.5) is 4.39 Å². The fraction of sp³-hybridized carbons (Fsp3) is 0.583. The molecule has 92 heavy (non-hydrogen) atoms. The molecule has 2 aliphatic heterocycles. The van der Waals surface area contributed by atoms with Gasteiger partial charge in [-0.1, -0.05) is 139 Å². The average Bonchev–Trinajstić information content (AvgIpc) is 1.50. The van der Waals surface area contributed by atoms with Crippen LogP contribution in [0.3, 0.4) is 0 Å². The van der Waals surface area contributed by atoms with Gasteiger partial charge in [0.05, 0.1) is 47.7 Å². The third-order valence-electron chi connectivity index (χ3n) is 14.5. The molecule has 7 rings (SSSR count). The number of hydrogen-bond donors (Lipinski definition) is 7. The Morgan fingerprint density at radius 3 is 1.97 bits per heavy atom. The topological polar surface area (TPSA) is 271 Å². The molecule has 0 radical (unpaired) electrons. The van der Waals surface area contributed by atoms with Crippen molar-refractivity contribution in [1.82, 2.24) is 41.0 Å². The summed E-state index contributed by atoms with van der Waals surface area (Å²) in [7, 11) is 1.75. The molecule has 3 aromatic rings. The first-order chi connectivity index (χ1) is 44.0. The highest BCUT2D eigenvalue weighted by molar-refractivity contribution is 5.94. The van der Waals surface area contributed by atoms with Gasteiger partial charge in [-0.25, -0.2) is 9.37 Å². The molecule has 0 spiro atoms. The van der Waals surface area contributed by atoms with Crippen molar-refractivity contribution in [1.29, 1.82) is 0 Å². The molecule has 4 heterocycles. The Balaban J connectivity index is -0.00000137. The largest absolute Gasteiger partial charge is 0.463 e. The van der Waals surface area contributed by atoms with Crippen molar-refractivity contribution in [2.24, 2.45) is 17.4 Å². The molecule has 2 fully saturated rings. The normalized spacial score (nSPS) is 14.9. The van der Waals surface area contributed by atoms with Crippen molar-refractivity contribution in [2.75, 3.05) is 40.0 Å². The van der Waals surface area contributed by atoms with Gasteiger partial charge in [-0.2, -0.15) is 0 Å². The Labute approximate surface area is 552 Å². The number of carbonyl (C=O) groups is 6. The van der Waals surface area contributed by atoms with E-state index in [0.29, 0.717) is 67.0 Å². The molecule has 5 amide bonds. The zero-order valence-electron chi connectivity index (χ0n) is 60.2. The highest BCUT2D eigenvalue weighted by Crippen LogP contribution is 2.58. The lowest BCUT2D eigenvalue weighted by molar-refractivity contribution is -0.162. The number of likely N-dealkylation sites (N-methyl/N-ethyl adjacent to an activating group) is 1. The second-order valence-corrected chi connectivity index (χ2v) is 21.9. The predicted molar refractivity (Wildman–Crippen MR) is 378 cm³/mol. The van der Waals surface area contributed by atoms with Gasteiger partial charge in [0.2, 0.25) is 30.0 Å². The van der Waals surface area contributed by atoms with Crippen LogP contribution in [0.25, 0.3) is 22.3 Å². The number of β-lactam (4-membered cyclic amide) rings is 1. The summed E-state index contributed by atoms with van der Waals surface area (Å²) in [6.07, 6.45) is 21.2. The third kappa shape index (κ3) is 27.5. The van der Waals surface area contributed by atoms with Crippen molar-refractivity contribution in [3.8, 4) is 11.4 Å². The van der Waals surface area contributed by atoms with Crippen LogP contribution in [-0.2, 0) is 57.8 Å². The van der Waals surface area contributed by atoms with Gasteiger partial charge in [-0.3, -0.25) is 33.6 Å². The van der Waals surface area contributed by atoms with E-state index in [1.807, 2.05) is 134 Å². The summed E-state index contributed by atoms with van der Waals surface area (Å²) < 4.78 is 28.6. The van der Waals surface area contributed by atoms with Gasteiger partial charge < -0.3 is 57.0 Å². The lowest BCUT2D eigenvalue weighted by Gasteiger charge is -2.50. The molecule has 4 aliphatic rings. The van der Waals surface area contributed by atoms with E-state index in [0.717, 1.165) is 66.3 Å². The number of halogens is 1. The number of ether oxygens (including phenoxy) is 2. The molecule has 520 valence electrons. The molecule has 3 atom stereocenters. The van der Waals surface area contributed by atoms with Gasteiger partial charge >= 0.3 is 0 Å². The highest BCUT2D eigenvalue weighted by Gasteiger charge is 2.54. The van der Waals surface area contributed by atoms with Gasteiger partial charge in [0.15, 0.2) is 0 Å². The summed E-state index contributed by atoms with van der Waals surface area (Å²) in [4.78, 5) is 86.5. The minimum absolute atomic E-state index is 0.0151. The first-order valence-corrected chi connectivity index (χ1v) is 33.1. The maximum atomic E-state index is 15.3. The zero-order chi connectivity index (χ0) is 71.3. The van der Waals surface area contributed by atoms with Crippen LogP contribution in [-0.4, -0.2) is 114 Å². The SMILES string of the molecule is C=CCNC(=O)C(C)N1C(=O)CC1(C)C.C=CNCC(=O)NCOC1(C2CCc3c(C)c(F)cc4nc5c(c2c34)Cn2c-5cc(C(CC)C(C)C)c(COC=O)c2=O)CC1.CC.CC.CC.CC.CCN.CNCC(=O)NC(C)C.C\C=C/C=C\C=C\CC.NC=O. The molecule has 20 heteroatoms. The standard InChI is InChI=1S/C35H41FN4O5.C11H18N2O2.C9H14.C6H14N2O.C2H7N.4C2H6.CH3NO/c1-6-21(19(3)4)23-12-29-33-24(15-40(29)34(43)25(23)16-44-18-41)31-26(35(10-11-35)45-17-38-30(42)14-37-7-2)9-8-22-20(5)27(36)13-28(39-33)32(22)31;1-5-6-12-10(15)8(2)13-9(14)7-11(13,3)4;1-3-5-7-9-8-6-4-2;1-5(2)8-6(9)4-7-3;1-2-3;4*1-2;2-1-3/h7,12-13,18-19,21,26,37H,2,6,8-11,14-17H2,1,3-5H3,(H,38,42);5,8H,1,6-7H2,2-4H3,(H,12,15);3,5-9H,4H2,1-2H3;5,7H,4H2,1-3H3,(H,8,9);2-3H2,1H3;4*1-2H3;1H,(H2,2,3)/b;;5-3-,8-6+,9-7-;;;;;;;. The quantitative estimate of drug-likeness (QED) is 0.0120. The molecule has 1 saturated carbocycles. The van der Waals surface area contributed by atoms with Crippen LogP contribution in [0, 0.1) is 18.7 Å². The first kappa shape index (κ1) is 88.9. The first-order valence-electron chi connectivity index (χ1n) is 33.1. The van der Waals surface area contributed by atoms with Gasteiger partial charge in [-0.05, 0) is 147 Å². The van der Waals surface area contributed by atoms with E-state index in [-0.39, 0.29) is 90.6 Å². The summed E-state index contributed by atoms with van der Waals surface area (Å²) >= 11 is 0. The summed E-state index contributed by atoms with van der Waals surface area (Å²) in [6, 6.07) is 3.40. The number of amides is 5. The Morgan fingerprint density at radius 1 is 0.891 bits per heavy atom. The molecule has 2 aliphatic carbocycles. The number of carbonyl (C=O) groups excluding carboxylic acids is 6. The van der Waals surface area contributed by atoms with E-state index >= 15 is 4.39 Å². The summed E-state index contributed by atoms with van der Waals surface area (Å²) in [6.45, 7) is 49.2.